The third-order valence-electron chi connectivity index (χ3n) is 3.13. The maximum absolute atomic E-state index is 5.44. The largest absolute Gasteiger partial charge is 0.493 e. The molecule has 1 N–H and O–H groups in total. The van der Waals surface area contributed by atoms with E-state index in [0.717, 1.165) is 17.0 Å². The molecule has 0 saturated heterocycles. The third kappa shape index (κ3) is 2.49. The molecule has 1 unspecified atom stereocenters. The van der Waals surface area contributed by atoms with Crippen LogP contribution in [0.3, 0.4) is 0 Å². The summed E-state index contributed by atoms with van der Waals surface area (Å²) in [6, 6.07) is 0.278. The quantitative estimate of drug-likeness (QED) is 0.888. The molecular weight excluding hydrogens is 242 g/mol. The number of aromatic nitrogens is 4. The van der Waals surface area contributed by atoms with Crippen molar-refractivity contribution in [3.8, 4) is 5.75 Å². The van der Waals surface area contributed by atoms with Crippen molar-refractivity contribution < 1.29 is 4.74 Å². The number of methoxy groups -OCH3 is 1. The van der Waals surface area contributed by atoms with Gasteiger partial charge in [0.1, 0.15) is 5.69 Å². The molecule has 19 heavy (non-hydrogen) atoms. The third-order valence-corrected chi connectivity index (χ3v) is 3.13. The van der Waals surface area contributed by atoms with Crippen LogP contribution in [0.15, 0.2) is 18.6 Å². The Kier molecular flexibility index (Phi) is 3.90. The molecular formula is C13H21N5O. The lowest BCUT2D eigenvalue weighted by molar-refractivity contribution is 0.396. The van der Waals surface area contributed by atoms with E-state index >= 15 is 0 Å². The number of ether oxygens (including phenoxy) is 1. The first-order valence-electron chi connectivity index (χ1n) is 6.35. The molecule has 0 fully saturated rings. The van der Waals surface area contributed by atoms with Crippen molar-refractivity contribution in [2.45, 2.75) is 25.9 Å². The second kappa shape index (κ2) is 5.44. The minimum absolute atomic E-state index is 0.00792. The number of hydrogen-bond acceptors (Lipinski definition) is 4. The average Bonchev–Trinajstić information content (AvgIpc) is 2.97. The SMILES string of the molecule is CNC(c1cnn(C)c1)c1c(OC)cnn1C(C)C. The van der Waals surface area contributed by atoms with E-state index in [0.29, 0.717) is 0 Å². The Hall–Kier alpha value is -1.82. The highest BCUT2D eigenvalue weighted by atomic mass is 16.5. The predicted molar refractivity (Wildman–Crippen MR) is 73.3 cm³/mol. The van der Waals surface area contributed by atoms with Crippen molar-refractivity contribution in [2.75, 3.05) is 14.2 Å². The lowest BCUT2D eigenvalue weighted by Gasteiger charge is -2.20. The van der Waals surface area contributed by atoms with Gasteiger partial charge in [0.2, 0.25) is 0 Å². The number of nitrogens with one attached hydrogen (secondary N) is 1. The Balaban J connectivity index is 2.50. The van der Waals surface area contributed by atoms with Crippen LogP contribution in [0.1, 0.15) is 37.2 Å². The summed E-state index contributed by atoms with van der Waals surface area (Å²) >= 11 is 0. The molecule has 2 rings (SSSR count). The number of hydrogen-bond donors (Lipinski definition) is 1. The topological polar surface area (TPSA) is 56.9 Å². The molecule has 1 atom stereocenters. The molecule has 0 amide bonds. The number of rotatable bonds is 5. The van der Waals surface area contributed by atoms with Crippen LogP contribution in [-0.2, 0) is 7.05 Å². The van der Waals surface area contributed by atoms with Crippen LogP contribution < -0.4 is 10.1 Å². The summed E-state index contributed by atoms with van der Waals surface area (Å²) in [4.78, 5) is 0. The zero-order chi connectivity index (χ0) is 14.0. The molecule has 6 nitrogen and oxygen atoms in total. The zero-order valence-electron chi connectivity index (χ0n) is 12.1. The van der Waals surface area contributed by atoms with Gasteiger partial charge in [-0.3, -0.25) is 9.36 Å². The molecule has 0 aliphatic heterocycles. The van der Waals surface area contributed by atoms with Gasteiger partial charge in [-0.2, -0.15) is 10.2 Å². The molecule has 0 aromatic carbocycles. The Morgan fingerprint density at radius 3 is 2.47 bits per heavy atom. The smallest absolute Gasteiger partial charge is 0.161 e. The monoisotopic (exact) mass is 263 g/mol. The van der Waals surface area contributed by atoms with Gasteiger partial charge in [0.25, 0.3) is 0 Å². The Bertz CT molecular complexity index is 543. The summed E-state index contributed by atoms with van der Waals surface area (Å²) in [6.07, 6.45) is 5.62. The van der Waals surface area contributed by atoms with Crippen molar-refractivity contribution in [1.29, 1.82) is 0 Å². The van der Waals surface area contributed by atoms with Crippen LogP contribution >= 0.6 is 0 Å². The molecule has 0 bridgehead atoms. The normalized spacial score (nSPS) is 12.9. The summed E-state index contributed by atoms with van der Waals surface area (Å²) in [5, 5.41) is 12.0. The highest BCUT2D eigenvalue weighted by molar-refractivity contribution is 5.35. The standard InChI is InChI=1S/C13H21N5O/c1-9(2)18-13(11(19-5)7-16-18)12(14-3)10-6-15-17(4)8-10/h6-9,12,14H,1-5H3. The van der Waals surface area contributed by atoms with E-state index in [2.05, 4.69) is 29.4 Å². The van der Waals surface area contributed by atoms with Crippen LogP contribution in [0.5, 0.6) is 5.75 Å². The Labute approximate surface area is 113 Å². The lowest BCUT2D eigenvalue weighted by Crippen LogP contribution is -2.22. The van der Waals surface area contributed by atoms with Gasteiger partial charge in [-0.05, 0) is 20.9 Å². The van der Waals surface area contributed by atoms with Crippen LogP contribution in [-0.4, -0.2) is 33.7 Å². The van der Waals surface area contributed by atoms with E-state index in [1.54, 1.807) is 18.0 Å². The van der Waals surface area contributed by atoms with Crippen LogP contribution in [0.2, 0.25) is 0 Å². The fourth-order valence-electron chi connectivity index (χ4n) is 2.25. The van der Waals surface area contributed by atoms with E-state index in [1.807, 2.05) is 31.2 Å². The first-order chi connectivity index (χ1) is 9.08. The lowest BCUT2D eigenvalue weighted by atomic mass is 10.1. The molecule has 6 heteroatoms. The van der Waals surface area contributed by atoms with Gasteiger partial charge in [0, 0.05) is 24.8 Å². The maximum Gasteiger partial charge on any atom is 0.161 e. The van der Waals surface area contributed by atoms with E-state index in [4.69, 9.17) is 4.74 Å². The second-order valence-corrected chi connectivity index (χ2v) is 4.81. The summed E-state index contributed by atoms with van der Waals surface area (Å²) in [6.45, 7) is 4.21. The van der Waals surface area contributed by atoms with Gasteiger partial charge < -0.3 is 10.1 Å². The molecule has 0 radical (unpaired) electrons. The molecule has 2 heterocycles. The summed E-state index contributed by atoms with van der Waals surface area (Å²) < 4.78 is 9.21. The first-order valence-corrected chi connectivity index (χ1v) is 6.35. The van der Waals surface area contributed by atoms with E-state index in [-0.39, 0.29) is 12.1 Å². The van der Waals surface area contributed by atoms with Gasteiger partial charge in [-0.1, -0.05) is 0 Å². The minimum atomic E-state index is 0.00792. The van der Waals surface area contributed by atoms with Gasteiger partial charge in [-0.25, -0.2) is 0 Å². The van der Waals surface area contributed by atoms with E-state index in [1.165, 1.54) is 0 Å². The highest BCUT2D eigenvalue weighted by Crippen LogP contribution is 2.31. The van der Waals surface area contributed by atoms with Crippen LogP contribution in [0, 0.1) is 0 Å². The van der Waals surface area contributed by atoms with E-state index < -0.39 is 0 Å². The van der Waals surface area contributed by atoms with Gasteiger partial charge in [-0.15, -0.1) is 0 Å². The van der Waals surface area contributed by atoms with Crippen LogP contribution in [0.25, 0.3) is 0 Å². The zero-order valence-corrected chi connectivity index (χ0v) is 12.1. The van der Waals surface area contributed by atoms with Crippen molar-refractivity contribution in [1.82, 2.24) is 24.9 Å². The minimum Gasteiger partial charge on any atom is -0.493 e. The van der Waals surface area contributed by atoms with Crippen molar-refractivity contribution >= 4 is 0 Å². The van der Waals surface area contributed by atoms with E-state index in [9.17, 15) is 0 Å². The average molecular weight is 263 g/mol. The fraction of sp³-hybridized carbons (Fsp3) is 0.538. The fourth-order valence-corrected chi connectivity index (χ4v) is 2.25. The van der Waals surface area contributed by atoms with Crippen molar-refractivity contribution in [3.05, 3.63) is 29.8 Å². The van der Waals surface area contributed by atoms with Gasteiger partial charge in [0.15, 0.2) is 5.75 Å². The highest BCUT2D eigenvalue weighted by Gasteiger charge is 2.24. The number of nitrogens with zero attached hydrogens (tertiary/aromatic N) is 4. The Morgan fingerprint density at radius 2 is 2.00 bits per heavy atom. The van der Waals surface area contributed by atoms with Crippen molar-refractivity contribution in [2.24, 2.45) is 7.05 Å². The number of aryl methyl sites for hydroxylation is 1. The second-order valence-electron chi connectivity index (χ2n) is 4.81. The molecule has 2 aromatic rings. The molecule has 2 aromatic heterocycles. The van der Waals surface area contributed by atoms with Gasteiger partial charge in [0.05, 0.1) is 25.5 Å². The van der Waals surface area contributed by atoms with Crippen LogP contribution in [0.4, 0.5) is 0 Å². The van der Waals surface area contributed by atoms with Gasteiger partial charge >= 0.3 is 0 Å². The molecule has 0 spiro atoms. The molecule has 0 saturated carbocycles. The molecule has 0 aliphatic carbocycles. The Morgan fingerprint density at radius 1 is 1.26 bits per heavy atom. The first kappa shape index (κ1) is 13.6. The maximum atomic E-state index is 5.44. The molecule has 0 aliphatic rings. The summed E-state index contributed by atoms with van der Waals surface area (Å²) in [5.74, 6) is 0.789. The molecule has 104 valence electrons. The summed E-state index contributed by atoms with van der Waals surface area (Å²) in [7, 11) is 5.50. The summed E-state index contributed by atoms with van der Waals surface area (Å²) in [5.41, 5.74) is 2.11. The van der Waals surface area contributed by atoms with Crippen molar-refractivity contribution in [3.63, 3.8) is 0 Å². The predicted octanol–water partition coefficient (Wildman–Crippen LogP) is 1.51.